The average molecular weight is 279 g/mol. The smallest absolute Gasteiger partial charge is 0.0253 e. The molecule has 0 radical (unpaired) electrons. The molecule has 0 aliphatic heterocycles. The maximum Gasteiger partial charge on any atom is 0.0253 e. The second-order valence-electron chi connectivity index (χ2n) is 3.21. The molecule has 2 aromatic rings. The van der Waals surface area contributed by atoms with Crippen molar-refractivity contribution in [1.29, 1.82) is 0 Å². The van der Waals surface area contributed by atoms with Gasteiger partial charge in [0.05, 0.1) is 0 Å². The van der Waals surface area contributed by atoms with Crippen LogP contribution in [0.4, 0.5) is 0 Å². The van der Waals surface area contributed by atoms with Crippen molar-refractivity contribution in [3.63, 3.8) is 0 Å². The van der Waals surface area contributed by atoms with Crippen LogP contribution in [-0.2, 0) is 0 Å². The van der Waals surface area contributed by atoms with Crippen molar-refractivity contribution in [2.75, 3.05) is 6.26 Å². The molecule has 0 heterocycles. The standard InChI is InChI=1S/C13H11BrS/c1-15-11-8-6-10(7-9-11)12-4-2-3-5-13(12)14/h2-9H,1H3. The van der Waals surface area contributed by atoms with Crippen LogP contribution in [0.1, 0.15) is 0 Å². The van der Waals surface area contributed by atoms with Crippen molar-refractivity contribution >= 4 is 27.7 Å². The summed E-state index contributed by atoms with van der Waals surface area (Å²) in [5.74, 6) is 0. The van der Waals surface area contributed by atoms with Gasteiger partial charge in [-0.1, -0.05) is 46.3 Å². The van der Waals surface area contributed by atoms with Gasteiger partial charge in [0.1, 0.15) is 0 Å². The summed E-state index contributed by atoms with van der Waals surface area (Å²) in [7, 11) is 0. The lowest BCUT2D eigenvalue weighted by atomic mass is 10.1. The van der Waals surface area contributed by atoms with E-state index in [9.17, 15) is 0 Å². The minimum absolute atomic E-state index is 1.14. The molecular formula is C13H11BrS. The van der Waals surface area contributed by atoms with Crippen LogP contribution in [0, 0.1) is 0 Å². The Morgan fingerprint density at radius 1 is 0.933 bits per heavy atom. The fourth-order valence-corrected chi connectivity index (χ4v) is 2.39. The van der Waals surface area contributed by atoms with E-state index in [1.54, 1.807) is 11.8 Å². The Bertz CT molecular complexity index is 448. The minimum atomic E-state index is 1.14. The molecule has 0 aliphatic carbocycles. The van der Waals surface area contributed by atoms with Gasteiger partial charge in [-0.15, -0.1) is 11.8 Å². The Labute approximate surface area is 103 Å². The molecule has 0 saturated carbocycles. The highest BCUT2D eigenvalue weighted by atomic mass is 79.9. The van der Waals surface area contributed by atoms with Gasteiger partial charge in [-0.3, -0.25) is 0 Å². The van der Waals surface area contributed by atoms with Gasteiger partial charge in [-0.2, -0.15) is 0 Å². The van der Waals surface area contributed by atoms with Crippen molar-refractivity contribution in [2.45, 2.75) is 4.90 Å². The minimum Gasteiger partial charge on any atom is -0.130 e. The molecule has 2 rings (SSSR count). The van der Waals surface area contributed by atoms with Crippen LogP contribution in [0.3, 0.4) is 0 Å². The van der Waals surface area contributed by atoms with Gasteiger partial charge in [-0.25, -0.2) is 0 Å². The van der Waals surface area contributed by atoms with Gasteiger partial charge in [0.2, 0.25) is 0 Å². The summed E-state index contributed by atoms with van der Waals surface area (Å²) in [5, 5.41) is 0. The average Bonchev–Trinajstić information content (AvgIpc) is 2.30. The molecule has 0 spiro atoms. The monoisotopic (exact) mass is 278 g/mol. The quantitative estimate of drug-likeness (QED) is 0.709. The van der Waals surface area contributed by atoms with Crippen molar-refractivity contribution in [2.24, 2.45) is 0 Å². The molecule has 0 nitrogen and oxygen atoms in total. The fourth-order valence-electron chi connectivity index (χ4n) is 1.47. The SMILES string of the molecule is CSc1ccc(-c2ccccc2Br)cc1. The van der Waals surface area contributed by atoms with E-state index in [0.29, 0.717) is 0 Å². The van der Waals surface area contributed by atoms with E-state index >= 15 is 0 Å². The molecule has 2 aromatic carbocycles. The zero-order valence-electron chi connectivity index (χ0n) is 8.41. The molecule has 0 amide bonds. The van der Waals surface area contributed by atoms with Crippen molar-refractivity contribution < 1.29 is 0 Å². The van der Waals surface area contributed by atoms with Crippen LogP contribution < -0.4 is 0 Å². The third-order valence-electron chi connectivity index (χ3n) is 2.27. The molecule has 0 atom stereocenters. The van der Waals surface area contributed by atoms with E-state index in [1.807, 2.05) is 6.07 Å². The summed E-state index contributed by atoms with van der Waals surface area (Å²) in [4.78, 5) is 1.30. The molecule has 0 unspecified atom stereocenters. The lowest BCUT2D eigenvalue weighted by molar-refractivity contribution is 1.46. The van der Waals surface area contributed by atoms with Crippen LogP contribution in [0.15, 0.2) is 57.9 Å². The third kappa shape index (κ3) is 2.44. The number of halogens is 1. The summed E-state index contributed by atoms with van der Waals surface area (Å²) in [6, 6.07) is 16.9. The molecule has 2 heteroatoms. The third-order valence-corrected chi connectivity index (χ3v) is 3.71. The summed E-state index contributed by atoms with van der Waals surface area (Å²) < 4.78 is 1.14. The topological polar surface area (TPSA) is 0 Å². The summed E-state index contributed by atoms with van der Waals surface area (Å²) in [6.07, 6.45) is 2.09. The first kappa shape index (κ1) is 10.8. The molecule has 0 saturated heterocycles. The molecule has 0 fully saturated rings. The Kier molecular flexibility index (Phi) is 3.49. The van der Waals surface area contributed by atoms with E-state index in [1.165, 1.54) is 16.0 Å². The first-order valence-electron chi connectivity index (χ1n) is 4.70. The zero-order valence-corrected chi connectivity index (χ0v) is 10.8. The maximum absolute atomic E-state index is 3.56. The summed E-state index contributed by atoms with van der Waals surface area (Å²) >= 11 is 5.33. The number of hydrogen-bond acceptors (Lipinski definition) is 1. The number of rotatable bonds is 2. The van der Waals surface area contributed by atoms with Crippen molar-refractivity contribution in [3.8, 4) is 11.1 Å². The second kappa shape index (κ2) is 4.86. The normalized spacial score (nSPS) is 10.3. The summed E-state index contributed by atoms with van der Waals surface area (Å²) in [6.45, 7) is 0. The van der Waals surface area contributed by atoms with E-state index in [4.69, 9.17) is 0 Å². The molecule has 0 bridgehead atoms. The second-order valence-corrected chi connectivity index (χ2v) is 4.94. The van der Waals surface area contributed by atoms with Crippen molar-refractivity contribution in [1.82, 2.24) is 0 Å². The summed E-state index contributed by atoms with van der Waals surface area (Å²) in [5.41, 5.74) is 2.49. The Morgan fingerprint density at radius 3 is 2.20 bits per heavy atom. The Balaban J connectivity index is 2.42. The molecular weight excluding hydrogens is 268 g/mol. The number of hydrogen-bond donors (Lipinski definition) is 0. The lowest BCUT2D eigenvalue weighted by Crippen LogP contribution is -1.79. The molecule has 15 heavy (non-hydrogen) atoms. The van der Waals surface area contributed by atoms with Crippen LogP contribution in [0.25, 0.3) is 11.1 Å². The van der Waals surface area contributed by atoms with E-state index < -0.39 is 0 Å². The van der Waals surface area contributed by atoms with Crippen LogP contribution in [0.5, 0.6) is 0 Å². The largest absolute Gasteiger partial charge is 0.130 e. The first-order chi connectivity index (χ1) is 7.31. The molecule has 0 N–H and O–H groups in total. The Hall–Kier alpha value is -0.730. The van der Waals surface area contributed by atoms with Gasteiger partial charge >= 0.3 is 0 Å². The van der Waals surface area contributed by atoms with Crippen molar-refractivity contribution in [3.05, 3.63) is 53.0 Å². The highest BCUT2D eigenvalue weighted by molar-refractivity contribution is 9.10. The first-order valence-corrected chi connectivity index (χ1v) is 6.72. The van der Waals surface area contributed by atoms with Gasteiger partial charge < -0.3 is 0 Å². The van der Waals surface area contributed by atoms with E-state index in [0.717, 1.165) is 4.47 Å². The van der Waals surface area contributed by atoms with Gasteiger partial charge in [0.25, 0.3) is 0 Å². The Morgan fingerprint density at radius 2 is 1.60 bits per heavy atom. The number of benzene rings is 2. The van der Waals surface area contributed by atoms with E-state index in [2.05, 4.69) is 64.7 Å². The fraction of sp³-hybridized carbons (Fsp3) is 0.0769. The molecule has 76 valence electrons. The van der Waals surface area contributed by atoms with Crippen LogP contribution >= 0.6 is 27.7 Å². The predicted octanol–water partition coefficient (Wildman–Crippen LogP) is 4.84. The van der Waals surface area contributed by atoms with Crippen LogP contribution in [-0.4, -0.2) is 6.26 Å². The van der Waals surface area contributed by atoms with Gasteiger partial charge in [0, 0.05) is 9.37 Å². The molecule has 0 aliphatic rings. The molecule has 0 aromatic heterocycles. The lowest BCUT2D eigenvalue weighted by Gasteiger charge is -2.04. The van der Waals surface area contributed by atoms with Gasteiger partial charge in [0.15, 0.2) is 0 Å². The van der Waals surface area contributed by atoms with Gasteiger partial charge in [-0.05, 0) is 35.6 Å². The van der Waals surface area contributed by atoms with E-state index in [-0.39, 0.29) is 0 Å². The zero-order chi connectivity index (χ0) is 10.7. The highest BCUT2D eigenvalue weighted by Gasteiger charge is 2.01. The number of thioether (sulfide) groups is 1. The maximum atomic E-state index is 3.56. The van der Waals surface area contributed by atoms with Crippen LogP contribution in [0.2, 0.25) is 0 Å². The highest BCUT2D eigenvalue weighted by Crippen LogP contribution is 2.29. The predicted molar refractivity (Wildman–Crippen MR) is 71.4 cm³/mol.